The van der Waals surface area contributed by atoms with Crippen molar-refractivity contribution in [3.05, 3.63) is 12.2 Å². The van der Waals surface area contributed by atoms with Crippen LogP contribution in [-0.4, -0.2) is 47.4 Å². The number of esters is 1. The molecule has 0 saturated heterocycles. The minimum atomic E-state index is -0.662. The lowest BCUT2D eigenvalue weighted by molar-refractivity contribution is -0.143. The molecule has 1 amide bonds. The van der Waals surface area contributed by atoms with E-state index >= 15 is 0 Å². The number of ether oxygens (including phenoxy) is 1. The van der Waals surface area contributed by atoms with Gasteiger partial charge in [0, 0.05) is 12.8 Å². The van der Waals surface area contributed by atoms with Crippen LogP contribution in [0, 0.1) is 0 Å². The molecule has 0 aromatic rings. The summed E-state index contributed by atoms with van der Waals surface area (Å²) in [5, 5.41) is 23.4. The first kappa shape index (κ1) is 75.6. The van der Waals surface area contributed by atoms with Gasteiger partial charge in [-0.1, -0.05) is 353 Å². The van der Waals surface area contributed by atoms with E-state index < -0.39 is 12.1 Å². The Balaban J connectivity index is 3.34. The van der Waals surface area contributed by atoms with Crippen LogP contribution in [-0.2, 0) is 14.3 Å². The van der Waals surface area contributed by atoms with Crippen LogP contribution in [0.3, 0.4) is 0 Å². The lowest BCUT2D eigenvalue weighted by Crippen LogP contribution is -2.45. The Morgan fingerprint density at radius 1 is 0.351 bits per heavy atom. The van der Waals surface area contributed by atoms with Gasteiger partial charge in [0.1, 0.15) is 0 Å². The highest BCUT2D eigenvalue weighted by Crippen LogP contribution is 2.19. The zero-order valence-corrected chi connectivity index (χ0v) is 52.5. The molecule has 77 heavy (non-hydrogen) atoms. The van der Waals surface area contributed by atoms with Gasteiger partial charge < -0.3 is 20.3 Å². The number of hydrogen-bond donors (Lipinski definition) is 3. The zero-order chi connectivity index (χ0) is 55.7. The van der Waals surface area contributed by atoms with Crippen LogP contribution in [0.5, 0.6) is 0 Å². The van der Waals surface area contributed by atoms with Gasteiger partial charge in [0.2, 0.25) is 5.91 Å². The van der Waals surface area contributed by atoms with E-state index in [1.807, 2.05) is 0 Å². The fraction of sp³-hybridized carbons (Fsp3) is 0.944. The van der Waals surface area contributed by atoms with Gasteiger partial charge in [-0.3, -0.25) is 9.59 Å². The molecular weight excluding hydrogens is 947 g/mol. The summed E-state index contributed by atoms with van der Waals surface area (Å²) in [5.74, 6) is -0.0172. The Morgan fingerprint density at radius 2 is 0.610 bits per heavy atom. The fourth-order valence-electron chi connectivity index (χ4n) is 11.4. The van der Waals surface area contributed by atoms with Crippen molar-refractivity contribution in [2.75, 3.05) is 13.2 Å². The highest BCUT2D eigenvalue weighted by molar-refractivity contribution is 5.76. The molecule has 0 fully saturated rings. The first-order valence-corrected chi connectivity index (χ1v) is 35.4. The first-order chi connectivity index (χ1) is 38.0. The van der Waals surface area contributed by atoms with Gasteiger partial charge in [-0.05, 0) is 51.4 Å². The average Bonchev–Trinajstić information content (AvgIpc) is 3.43. The number of aliphatic hydroxyl groups is 2. The van der Waals surface area contributed by atoms with E-state index in [2.05, 4.69) is 31.3 Å². The van der Waals surface area contributed by atoms with Crippen molar-refractivity contribution < 1.29 is 24.5 Å². The zero-order valence-electron chi connectivity index (χ0n) is 52.5. The van der Waals surface area contributed by atoms with Crippen LogP contribution in [0.15, 0.2) is 12.2 Å². The number of allylic oxidation sites excluding steroid dienone is 2. The quantitative estimate of drug-likeness (QED) is 0.0320. The first-order valence-electron chi connectivity index (χ1n) is 35.4. The summed E-state index contributed by atoms with van der Waals surface area (Å²) in [6.45, 7) is 4.98. The number of rotatable bonds is 67. The third-order valence-electron chi connectivity index (χ3n) is 16.8. The average molecular weight is 1090 g/mol. The van der Waals surface area contributed by atoms with Crippen LogP contribution >= 0.6 is 0 Å². The fourth-order valence-corrected chi connectivity index (χ4v) is 11.4. The van der Waals surface area contributed by atoms with Gasteiger partial charge in [0.05, 0.1) is 25.4 Å². The highest BCUT2D eigenvalue weighted by Gasteiger charge is 2.20. The van der Waals surface area contributed by atoms with Gasteiger partial charge in [0.15, 0.2) is 0 Å². The van der Waals surface area contributed by atoms with E-state index in [0.717, 1.165) is 44.9 Å². The van der Waals surface area contributed by atoms with Crippen molar-refractivity contribution in [2.45, 2.75) is 418 Å². The second kappa shape index (κ2) is 67.1. The van der Waals surface area contributed by atoms with E-state index in [4.69, 9.17) is 4.74 Å². The smallest absolute Gasteiger partial charge is 0.305 e. The predicted molar refractivity (Wildman–Crippen MR) is 338 cm³/mol. The minimum Gasteiger partial charge on any atom is -0.466 e. The van der Waals surface area contributed by atoms with Crippen molar-refractivity contribution in [1.82, 2.24) is 5.32 Å². The molecule has 0 radical (unpaired) electrons. The number of aliphatic hydroxyl groups excluding tert-OH is 2. The van der Waals surface area contributed by atoms with Gasteiger partial charge in [-0.25, -0.2) is 0 Å². The molecule has 6 nitrogen and oxygen atoms in total. The minimum absolute atomic E-state index is 0.0105. The topological polar surface area (TPSA) is 95.9 Å². The summed E-state index contributed by atoms with van der Waals surface area (Å²) in [6.07, 6.45) is 82.6. The molecule has 0 rings (SSSR count). The summed E-state index contributed by atoms with van der Waals surface area (Å²) in [5.41, 5.74) is 0. The Kier molecular flexibility index (Phi) is 65.9. The van der Waals surface area contributed by atoms with Crippen LogP contribution in [0.25, 0.3) is 0 Å². The van der Waals surface area contributed by atoms with Crippen LogP contribution in [0.2, 0.25) is 0 Å². The predicted octanol–water partition coefficient (Wildman–Crippen LogP) is 22.8. The Hall–Kier alpha value is -1.40. The van der Waals surface area contributed by atoms with Crippen molar-refractivity contribution in [3.8, 4) is 0 Å². The van der Waals surface area contributed by atoms with Crippen LogP contribution in [0.1, 0.15) is 406 Å². The molecule has 6 heteroatoms. The molecule has 0 aromatic carbocycles. The monoisotopic (exact) mass is 1090 g/mol. The van der Waals surface area contributed by atoms with Gasteiger partial charge >= 0.3 is 5.97 Å². The number of carbonyl (C=O) groups is 2. The summed E-state index contributed by atoms with van der Waals surface area (Å²) in [4.78, 5) is 24.6. The maximum atomic E-state index is 12.5. The second-order valence-corrected chi connectivity index (χ2v) is 24.6. The summed E-state index contributed by atoms with van der Waals surface area (Å²) < 4.78 is 5.49. The highest BCUT2D eigenvalue weighted by atomic mass is 16.5. The van der Waals surface area contributed by atoms with Crippen LogP contribution in [0.4, 0.5) is 0 Å². The molecule has 458 valence electrons. The molecular formula is C71H139NO5. The Labute approximate surface area is 482 Å². The molecule has 0 bridgehead atoms. The van der Waals surface area contributed by atoms with Gasteiger partial charge in [-0.2, -0.15) is 0 Å². The van der Waals surface area contributed by atoms with Crippen molar-refractivity contribution in [2.24, 2.45) is 0 Å². The van der Waals surface area contributed by atoms with Crippen molar-refractivity contribution in [1.29, 1.82) is 0 Å². The lowest BCUT2D eigenvalue weighted by atomic mass is 10.0. The number of nitrogens with one attached hydrogen (secondary N) is 1. The lowest BCUT2D eigenvalue weighted by Gasteiger charge is -2.22. The summed E-state index contributed by atoms with van der Waals surface area (Å²) in [7, 11) is 0. The third-order valence-corrected chi connectivity index (χ3v) is 16.8. The van der Waals surface area contributed by atoms with Gasteiger partial charge in [0.25, 0.3) is 0 Å². The maximum absolute atomic E-state index is 12.5. The number of carbonyl (C=O) groups excluding carboxylic acids is 2. The van der Waals surface area contributed by atoms with Crippen molar-refractivity contribution in [3.63, 3.8) is 0 Å². The van der Waals surface area contributed by atoms with Crippen molar-refractivity contribution >= 4 is 11.9 Å². The number of unbranched alkanes of at least 4 members (excludes halogenated alkanes) is 54. The van der Waals surface area contributed by atoms with E-state index in [1.54, 1.807) is 0 Å². The molecule has 3 N–H and O–H groups in total. The largest absolute Gasteiger partial charge is 0.466 e. The summed E-state index contributed by atoms with van der Waals surface area (Å²) >= 11 is 0. The normalized spacial score (nSPS) is 12.5. The molecule has 0 aromatic heterocycles. The summed E-state index contributed by atoms with van der Waals surface area (Å²) in [6, 6.07) is -0.539. The molecule has 0 aliphatic heterocycles. The Bertz CT molecular complexity index is 1160. The molecule has 0 aliphatic rings. The molecule has 2 unspecified atom stereocenters. The molecule has 2 atom stereocenters. The van der Waals surface area contributed by atoms with E-state index in [9.17, 15) is 19.8 Å². The van der Waals surface area contributed by atoms with Gasteiger partial charge in [-0.15, -0.1) is 0 Å². The molecule has 0 spiro atoms. The number of amides is 1. The third kappa shape index (κ3) is 63.6. The van der Waals surface area contributed by atoms with E-state index in [0.29, 0.717) is 25.9 Å². The molecule has 0 saturated carbocycles. The maximum Gasteiger partial charge on any atom is 0.305 e. The molecule has 0 aliphatic carbocycles. The van der Waals surface area contributed by atoms with E-state index in [1.165, 1.54) is 327 Å². The number of hydrogen-bond acceptors (Lipinski definition) is 5. The van der Waals surface area contributed by atoms with Crippen LogP contribution < -0.4 is 5.32 Å². The second-order valence-electron chi connectivity index (χ2n) is 24.6. The standard InChI is InChI=1S/C71H139NO5/c1-3-5-7-9-11-13-15-17-19-20-30-33-36-39-43-47-51-55-59-63-69(74)68(67-73)72-70(75)64-60-56-52-48-44-40-37-34-31-28-26-24-22-21-23-25-27-29-32-35-38-42-46-50-54-58-62-66-77-71(76)65-61-57-53-49-45-41-18-16-14-12-10-8-6-4-2/h16,18,68-69,73-74H,3-15,17,19-67H2,1-2H3,(H,72,75)/b18-16-. The van der Waals surface area contributed by atoms with E-state index in [-0.39, 0.29) is 18.5 Å². The Morgan fingerprint density at radius 3 is 0.922 bits per heavy atom. The SMILES string of the molecule is CCCCCCC/C=C\CCCCCCCC(=O)OCCCCCCCCCCCCCCCCCCCCCCCCCCCCCC(=O)NC(CO)C(O)CCCCCCCCCCCCCCCCCCCCC. The molecule has 0 heterocycles.